The van der Waals surface area contributed by atoms with Gasteiger partial charge in [0.1, 0.15) is 11.5 Å². The molecule has 0 bridgehead atoms. The molecule has 0 saturated carbocycles. The van der Waals surface area contributed by atoms with Gasteiger partial charge in [0.15, 0.2) is 6.10 Å². The van der Waals surface area contributed by atoms with Gasteiger partial charge in [-0.3, -0.25) is 4.31 Å². The van der Waals surface area contributed by atoms with Crippen LogP contribution in [0.1, 0.15) is 5.56 Å². The average Bonchev–Trinajstić information content (AvgIpc) is 2.65. The lowest BCUT2D eigenvalue weighted by Crippen LogP contribution is -2.40. The minimum Gasteiger partial charge on any atom is -0.467 e. The van der Waals surface area contributed by atoms with Crippen molar-refractivity contribution in [1.82, 2.24) is 0 Å². The number of ether oxygens (including phenoxy) is 2. The maximum Gasteiger partial charge on any atom is 0.416 e. The number of hydrogen-bond acceptors (Lipinski definition) is 6. The lowest BCUT2D eigenvalue weighted by Gasteiger charge is -2.24. The highest BCUT2D eigenvalue weighted by molar-refractivity contribution is 7.92. The summed E-state index contributed by atoms with van der Waals surface area (Å²) in [6.45, 7) is -0.551. The Morgan fingerprint density at radius 1 is 1.07 bits per heavy atom. The molecular formula is C18H18F3NO6S. The minimum absolute atomic E-state index is 0.148. The Labute approximate surface area is 165 Å². The molecular weight excluding hydrogens is 415 g/mol. The van der Waals surface area contributed by atoms with Crippen LogP contribution in [0.5, 0.6) is 11.5 Å². The van der Waals surface area contributed by atoms with E-state index in [9.17, 15) is 31.5 Å². The fourth-order valence-electron chi connectivity index (χ4n) is 2.33. The Hall–Kier alpha value is -2.79. The van der Waals surface area contributed by atoms with Gasteiger partial charge in [0, 0.05) is 0 Å². The van der Waals surface area contributed by atoms with Gasteiger partial charge in [-0.05, 0) is 48.5 Å². The zero-order valence-electron chi connectivity index (χ0n) is 15.4. The summed E-state index contributed by atoms with van der Waals surface area (Å²) in [6.07, 6.45) is -5.23. The number of carbonyl (C=O) groups excluding carboxylic acids is 1. The number of hydrogen-bond donors (Lipinski definition) is 1. The van der Waals surface area contributed by atoms with Crippen LogP contribution in [0.2, 0.25) is 0 Å². The van der Waals surface area contributed by atoms with Crippen molar-refractivity contribution >= 4 is 21.7 Å². The maximum atomic E-state index is 12.6. The monoisotopic (exact) mass is 433 g/mol. The third-order valence-electron chi connectivity index (χ3n) is 3.75. The predicted molar refractivity (Wildman–Crippen MR) is 98.2 cm³/mol. The molecule has 11 heteroatoms. The second-order valence-electron chi connectivity index (χ2n) is 5.95. The number of alkyl halides is 3. The number of benzene rings is 2. The lowest BCUT2D eigenvalue weighted by atomic mass is 10.2. The summed E-state index contributed by atoms with van der Waals surface area (Å²) in [5.74, 6) is -0.580. The molecule has 0 aromatic heterocycles. The van der Waals surface area contributed by atoms with E-state index < -0.39 is 40.4 Å². The van der Waals surface area contributed by atoms with Gasteiger partial charge < -0.3 is 14.6 Å². The van der Waals surface area contributed by atoms with Gasteiger partial charge >= 0.3 is 12.1 Å². The summed E-state index contributed by atoms with van der Waals surface area (Å²) in [5.41, 5.74) is -0.664. The van der Waals surface area contributed by atoms with Gasteiger partial charge in [0.2, 0.25) is 10.0 Å². The predicted octanol–water partition coefficient (Wildman–Crippen LogP) is 2.80. The Balaban J connectivity index is 2.17. The molecule has 0 radical (unpaired) electrons. The number of aliphatic hydroxyl groups excluding tert-OH is 1. The number of methoxy groups -OCH3 is 1. The van der Waals surface area contributed by atoms with Crippen LogP contribution >= 0.6 is 0 Å². The SMILES string of the molecule is COC(=O)[C@H](O)CN(c1ccc(Oc2ccc(C(F)(F)F)cc2)cc1)S(C)(=O)=O. The highest BCUT2D eigenvalue weighted by Crippen LogP contribution is 2.32. The van der Waals surface area contributed by atoms with Crippen LogP contribution in [0.4, 0.5) is 18.9 Å². The van der Waals surface area contributed by atoms with Crippen molar-refractivity contribution in [3.63, 3.8) is 0 Å². The molecule has 7 nitrogen and oxygen atoms in total. The number of nitrogens with zero attached hydrogens (tertiary/aromatic N) is 1. The van der Waals surface area contributed by atoms with Crippen LogP contribution in [-0.2, 0) is 25.7 Å². The maximum absolute atomic E-state index is 12.6. The highest BCUT2D eigenvalue weighted by atomic mass is 32.2. The molecule has 0 spiro atoms. The normalized spacial score (nSPS) is 12.9. The molecule has 0 amide bonds. The lowest BCUT2D eigenvalue weighted by molar-refractivity contribution is -0.149. The van der Waals surface area contributed by atoms with E-state index >= 15 is 0 Å². The fraction of sp³-hybridized carbons (Fsp3) is 0.278. The number of aliphatic hydroxyl groups is 1. The van der Waals surface area contributed by atoms with Crippen molar-refractivity contribution in [3.05, 3.63) is 54.1 Å². The van der Waals surface area contributed by atoms with E-state index in [1.807, 2.05) is 0 Å². The largest absolute Gasteiger partial charge is 0.467 e. The van der Waals surface area contributed by atoms with Crippen molar-refractivity contribution in [3.8, 4) is 11.5 Å². The third kappa shape index (κ3) is 6.09. The number of carbonyl (C=O) groups is 1. The third-order valence-corrected chi connectivity index (χ3v) is 4.91. The first-order valence-corrected chi connectivity index (χ1v) is 9.95. The molecule has 0 aliphatic heterocycles. The molecule has 0 fully saturated rings. The molecule has 2 aromatic rings. The number of esters is 1. The topological polar surface area (TPSA) is 93.1 Å². The molecule has 2 aromatic carbocycles. The van der Waals surface area contributed by atoms with Gasteiger partial charge in [-0.1, -0.05) is 0 Å². The minimum atomic E-state index is -4.45. The molecule has 158 valence electrons. The summed E-state index contributed by atoms with van der Waals surface area (Å²) in [7, 11) is -2.77. The number of anilines is 1. The summed E-state index contributed by atoms with van der Waals surface area (Å²) in [5, 5.41) is 9.76. The van der Waals surface area contributed by atoms with Crippen molar-refractivity contribution in [2.45, 2.75) is 12.3 Å². The summed E-state index contributed by atoms with van der Waals surface area (Å²) < 4.78 is 72.4. The Kier molecular flexibility index (Phi) is 6.75. The highest BCUT2D eigenvalue weighted by Gasteiger charge is 2.30. The summed E-state index contributed by atoms with van der Waals surface area (Å²) in [4.78, 5) is 11.4. The van der Waals surface area contributed by atoms with E-state index in [0.29, 0.717) is 0 Å². The molecule has 2 rings (SSSR count). The van der Waals surface area contributed by atoms with Gasteiger partial charge in [-0.2, -0.15) is 13.2 Å². The van der Waals surface area contributed by atoms with Crippen molar-refractivity contribution in [2.75, 3.05) is 24.2 Å². The first kappa shape index (κ1) is 22.5. The number of sulfonamides is 1. The average molecular weight is 433 g/mol. The molecule has 0 aliphatic rings. The summed E-state index contributed by atoms with van der Waals surface area (Å²) in [6, 6.07) is 9.60. The van der Waals surface area contributed by atoms with Crippen LogP contribution in [0.3, 0.4) is 0 Å². The van der Waals surface area contributed by atoms with Crippen molar-refractivity contribution < 1.29 is 41.0 Å². The smallest absolute Gasteiger partial charge is 0.416 e. The van der Waals surface area contributed by atoms with Gasteiger partial charge in [-0.25, -0.2) is 13.2 Å². The number of rotatable bonds is 7. The van der Waals surface area contributed by atoms with Crippen LogP contribution in [0.25, 0.3) is 0 Å². The molecule has 0 saturated heterocycles. The molecule has 0 unspecified atom stereocenters. The van der Waals surface area contributed by atoms with Crippen LogP contribution in [0.15, 0.2) is 48.5 Å². The second-order valence-corrected chi connectivity index (χ2v) is 7.86. The Morgan fingerprint density at radius 2 is 1.55 bits per heavy atom. The van der Waals surface area contributed by atoms with E-state index in [1.54, 1.807) is 0 Å². The first-order valence-electron chi connectivity index (χ1n) is 8.10. The summed E-state index contributed by atoms with van der Waals surface area (Å²) >= 11 is 0. The second kappa shape index (κ2) is 8.70. The van der Waals surface area contributed by atoms with E-state index in [-0.39, 0.29) is 17.2 Å². The Morgan fingerprint density at radius 3 is 1.97 bits per heavy atom. The molecule has 0 aliphatic carbocycles. The van der Waals surface area contributed by atoms with E-state index in [4.69, 9.17) is 4.74 Å². The van der Waals surface area contributed by atoms with E-state index in [2.05, 4.69) is 4.74 Å². The number of halogens is 3. The van der Waals surface area contributed by atoms with Gasteiger partial charge in [0.05, 0.1) is 31.2 Å². The molecule has 1 atom stereocenters. The van der Waals surface area contributed by atoms with E-state index in [1.165, 1.54) is 24.3 Å². The standard InChI is InChI=1S/C18H18F3NO6S/c1-27-17(24)16(23)11-22(29(2,25)26)13-5-9-15(10-6-13)28-14-7-3-12(4-8-14)18(19,20)21/h3-10,16,23H,11H2,1-2H3/t16-/m1/s1. The van der Waals surface area contributed by atoms with Crippen molar-refractivity contribution in [1.29, 1.82) is 0 Å². The fourth-order valence-corrected chi connectivity index (χ4v) is 3.25. The molecule has 1 N–H and O–H groups in total. The van der Waals surface area contributed by atoms with Crippen molar-refractivity contribution in [2.24, 2.45) is 0 Å². The molecule has 29 heavy (non-hydrogen) atoms. The Bertz CT molecular complexity index is 943. The van der Waals surface area contributed by atoms with Gasteiger partial charge in [0.25, 0.3) is 0 Å². The zero-order valence-corrected chi connectivity index (χ0v) is 16.2. The van der Waals surface area contributed by atoms with Crippen LogP contribution in [-0.4, -0.2) is 45.5 Å². The van der Waals surface area contributed by atoms with Gasteiger partial charge in [-0.15, -0.1) is 0 Å². The zero-order chi connectivity index (χ0) is 21.8. The molecule has 0 heterocycles. The van der Waals surface area contributed by atoms with Crippen LogP contribution < -0.4 is 9.04 Å². The quantitative estimate of drug-likeness (QED) is 0.675. The van der Waals surface area contributed by atoms with E-state index in [0.717, 1.165) is 41.9 Å². The first-order chi connectivity index (χ1) is 13.4. The van der Waals surface area contributed by atoms with Crippen LogP contribution in [0, 0.1) is 0 Å².